The zero-order valence-electron chi connectivity index (χ0n) is 10.9. The number of carbonyl (C=O) groups is 1. The second kappa shape index (κ2) is 4.38. The molecule has 92 valence electrons. The van der Waals surface area contributed by atoms with Gasteiger partial charge in [-0.3, -0.25) is 4.79 Å². The molecule has 2 heteroatoms. The van der Waals surface area contributed by atoms with Gasteiger partial charge < -0.3 is 5.32 Å². The predicted octanol–water partition coefficient (Wildman–Crippen LogP) is 2.98. The summed E-state index contributed by atoms with van der Waals surface area (Å²) in [6.45, 7) is 7.26. The maximum Gasteiger partial charge on any atom is 0.216 e. The molecule has 1 amide bonds. The Morgan fingerprint density at radius 2 is 1.81 bits per heavy atom. The number of nitrogens with one attached hydrogen (secondary N) is 1. The number of rotatable bonds is 2. The maximum atomic E-state index is 11.0. The molecule has 0 spiro atoms. The molecule has 2 saturated carbocycles. The van der Waals surface area contributed by atoms with E-state index in [9.17, 15) is 4.79 Å². The molecule has 2 nitrogen and oxygen atoms in total. The van der Waals surface area contributed by atoms with Gasteiger partial charge in [-0.2, -0.15) is 0 Å². The van der Waals surface area contributed by atoms with Crippen LogP contribution >= 0.6 is 0 Å². The fraction of sp³-hybridized carbons (Fsp3) is 0.929. The number of carbonyl (C=O) groups excluding carboxylic acids is 1. The van der Waals surface area contributed by atoms with E-state index in [0.717, 1.165) is 24.3 Å². The van der Waals surface area contributed by atoms with E-state index in [1.54, 1.807) is 6.92 Å². The summed E-state index contributed by atoms with van der Waals surface area (Å²) < 4.78 is 0. The molecule has 2 rings (SSSR count). The van der Waals surface area contributed by atoms with Gasteiger partial charge in [0.05, 0.1) is 0 Å². The second-order valence-electron chi connectivity index (χ2n) is 6.67. The minimum atomic E-state index is 0.116. The monoisotopic (exact) mass is 223 g/mol. The first kappa shape index (κ1) is 11.9. The number of amides is 1. The molecule has 0 aromatic rings. The smallest absolute Gasteiger partial charge is 0.216 e. The van der Waals surface area contributed by atoms with Crippen molar-refractivity contribution in [2.24, 2.45) is 23.2 Å². The summed E-state index contributed by atoms with van der Waals surface area (Å²) >= 11 is 0. The number of hydrogen-bond acceptors (Lipinski definition) is 1. The van der Waals surface area contributed by atoms with Crippen molar-refractivity contribution in [3.8, 4) is 0 Å². The van der Waals surface area contributed by atoms with Crippen molar-refractivity contribution in [3.63, 3.8) is 0 Å². The van der Waals surface area contributed by atoms with E-state index in [-0.39, 0.29) is 5.91 Å². The average molecular weight is 223 g/mol. The third kappa shape index (κ3) is 2.78. The topological polar surface area (TPSA) is 29.1 Å². The summed E-state index contributed by atoms with van der Waals surface area (Å²) in [5.74, 6) is 2.88. The molecule has 16 heavy (non-hydrogen) atoms. The van der Waals surface area contributed by atoms with E-state index >= 15 is 0 Å². The summed E-state index contributed by atoms with van der Waals surface area (Å²) in [7, 11) is 0. The minimum absolute atomic E-state index is 0.116. The summed E-state index contributed by atoms with van der Waals surface area (Å²) in [5.41, 5.74) is 0.361. The van der Waals surface area contributed by atoms with Gasteiger partial charge in [-0.25, -0.2) is 0 Å². The van der Waals surface area contributed by atoms with Crippen molar-refractivity contribution in [1.82, 2.24) is 5.32 Å². The molecule has 0 aromatic heterocycles. The highest BCUT2D eigenvalue weighted by atomic mass is 16.1. The summed E-state index contributed by atoms with van der Waals surface area (Å²) in [6, 6.07) is 0. The zero-order valence-corrected chi connectivity index (χ0v) is 10.9. The van der Waals surface area contributed by atoms with E-state index in [1.807, 2.05) is 0 Å². The van der Waals surface area contributed by atoms with E-state index in [4.69, 9.17) is 0 Å². The highest BCUT2D eigenvalue weighted by molar-refractivity contribution is 5.72. The lowest BCUT2D eigenvalue weighted by Gasteiger charge is -2.47. The Morgan fingerprint density at radius 3 is 2.31 bits per heavy atom. The van der Waals surface area contributed by atoms with Gasteiger partial charge in [0.1, 0.15) is 0 Å². The van der Waals surface area contributed by atoms with Crippen molar-refractivity contribution >= 4 is 5.91 Å². The van der Waals surface area contributed by atoms with Crippen LogP contribution in [0.2, 0.25) is 0 Å². The first-order chi connectivity index (χ1) is 7.47. The van der Waals surface area contributed by atoms with Crippen LogP contribution in [0.3, 0.4) is 0 Å². The van der Waals surface area contributed by atoms with Gasteiger partial charge in [0.15, 0.2) is 0 Å². The van der Waals surface area contributed by atoms with E-state index in [1.165, 1.54) is 32.1 Å². The highest BCUT2D eigenvalue weighted by Crippen LogP contribution is 2.49. The van der Waals surface area contributed by atoms with Crippen LogP contribution in [0.1, 0.15) is 52.9 Å². The predicted molar refractivity (Wildman–Crippen MR) is 66.0 cm³/mol. The molecular weight excluding hydrogens is 198 g/mol. The van der Waals surface area contributed by atoms with Crippen molar-refractivity contribution in [2.45, 2.75) is 52.9 Å². The molecule has 2 aliphatic rings. The molecular formula is C14H25NO. The van der Waals surface area contributed by atoms with Crippen LogP contribution < -0.4 is 5.32 Å². The maximum absolute atomic E-state index is 11.0. The lowest BCUT2D eigenvalue weighted by Crippen LogP contribution is -2.42. The molecule has 2 aliphatic carbocycles. The van der Waals surface area contributed by atoms with Gasteiger partial charge in [-0.05, 0) is 55.3 Å². The molecule has 2 fully saturated rings. The van der Waals surface area contributed by atoms with Crippen molar-refractivity contribution in [1.29, 1.82) is 0 Å². The van der Waals surface area contributed by atoms with E-state index in [0.29, 0.717) is 5.41 Å². The van der Waals surface area contributed by atoms with Gasteiger partial charge in [0.25, 0.3) is 0 Å². The molecule has 2 atom stereocenters. The Kier molecular flexibility index (Phi) is 3.27. The zero-order chi connectivity index (χ0) is 11.8. The van der Waals surface area contributed by atoms with Crippen molar-refractivity contribution in [2.75, 3.05) is 6.54 Å². The Bertz CT molecular complexity index is 256. The Hall–Kier alpha value is -0.530. The summed E-state index contributed by atoms with van der Waals surface area (Å²) in [6.07, 6.45) is 6.89. The lowest BCUT2D eigenvalue weighted by molar-refractivity contribution is -0.119. The molecule has 1 N–H and O–H groups in total. The van der Waals surface area contributed by atoms with Crippen molar-refractivity contribution in [3.05, 3.63) is 0 Å². The fourth-order valence-electron chi connectivity index (χ4n) is 4.19. The normalized spacial score (nSPS) is 42.8. The summed E-state index contributed by atoms with van der Waals surface area (Å²) in [5, 5.41) is 3.02. The molecule has 0 radical (unpaired) electrons. The molecule has 0 aromatic carbocycles. The lowest BCUT2D eigenvalue weighted by atomic mass is 9.59. The summed E-state index contributed by atoms with van der Waals surface area (Å²) in [4.78, 5) is 11.0. The number of fused-ring (bicyclic) bond motifs is 2. The van der Waals surface area contributed by atoms with E-state index < -0.39 is 0 Å². The Balaban J connectivity index is 1.95. The van der Waals surface area contributed by atoms with E-state index in [2.05, 4.69) is 19.2 Å². The van der Waals surface area contributed by atoms with Crippen LogP contribution in [-0.4, -0.2) is 12.5 Å². The standard InChI is InChI=1S/C14H25NO/c1-10-4-12-6-13(5-10)8-14(3,7-12)9-15-11(2)16/h10,12-13H,4-9H2,1-3H3,(H,15,16). The van der Waals surface area contributed by atoms with Gasteiger partial charge >= 0.3 is 0 Å². The average Bonchev–Trinajstić information content (AvgIpc) is 2.12. The number of hydrogen-bond donors (Lipinski definition) is 1. The van der Waals surface area contributed by atoms with Crippen LogP contribution in [0.15, 0.2) is 0 Å². The molecule has 0 heterocycles. The van der Waals surface area contributed by atoms with Crippen LogP contribution in [0, 0.1) is 23.2 Å². The SMILES string of the molecule is CC(=O)NCC1(C)CC2CC(C)CC(C2)C1. The van der Waals surface area contributed by atoms with Crippen LogP contribution in [-0.2, 0) is 4.79 Å². The van der Waals surface area contributed by atoms with Crippen LogP contribution in [0.5, 0.6) is 0 Å². The van der Waals surface area contributed by atoms with Crippen LogP contribution in [0.25, 0.3) is 0 Å². The first-order valence-electron chi connectivity index (χ1n) is 6.71. The largest absolute Gasteiger partial charge is 0.356 e. The van der Waals surface area contributed by atoms with Gasteiger partial charge in [0, 0.05) is 13.5 Å². The first-order valence-corrected chi connectivity index (χ1v) is 6.71. The second-order valence-corrected chi connectivity index (χ2v) is 6.67. The van der Waals surface area contributed by atoms with Gasteiger partial charge in [-0.1, -0.05) is 13.8 Å². The van der Waals surface area contributed by atoms with Gasteiger partial charge in [-0.15, -0.1) is 0 Å². The quantitative estimate of drug-likeness (QED) is 0.766. The Morgan fingerprint density at radius 1 is 1.25 bits per heavy atom. The molecule has 2 bridgehead atoms. The molecule has 0 saturated heterocycles. The van der Waals surface area contributed by atoms with Crippen LogP contribution in [0.4, 0.5) is 0 Å². The molecule has 0 aliphatic heterocycles. The molecule has 2 unspecified atom stereocenters. The Labute approximate surface area is 99.2 Å². The highest BCUT2D eigenvalue weighted by Gasteiger charge is 2.40. The van der Waals surface area contributed by atoms with Gasteiger partial charge in [0.2, 0.25) is 5.91 Å². The fourth-order valence-corrected chi connectivity index (χ4v) is 4.19. The third-order valence-electron chi connectivity index (χ3n) is 4.47. The van der Waals surface area contributed by atoms with Crippen molar-refractivity contribution < 1.29 is 4.79 Å². The third-order valence-corrected chi connectivity index (χ3v) is 4.47. The minimum Gasteiger partial charge on any atom is -0.356 e.